The third-order valence-corrected chi connectivity index (χ3v) is 7.10. The molecule has 0 bridgehead atoms. The minimum atomic E-state index is -3.71. The van der Waals surface area contributed by atoms with Gasteiger partial charge in [0, 0.05) is 18.7 Å². The van der Waals surface area contributed by atoms with Crippen molar-refractivity contribution in [2.24, 2.45) is 0 Å². The second kappa shape index (κ2) is 8.28. The number of benzene rings is 1. The first-order chi connectivity index (χ1) is 12.9. The lowest BCUT2D eigenvalue weighted by atomic mass is 10.1. The SMILES string of the molecule is CCN(Cc1cccc2c1OCCO2)C(=O)C(C)NS(=O)(=O)c1cccs1. The van der Waals surface area contributed by atoms with Crippen molar-refractivity contribution in [3.63, 3.8) is 0 Å². The van der Waals surface area contributed by atoms with E-state index in [0.717, 1.165) is 16.9 Å². The molecule has 2 aromatic rings. The number of hydrogen-bond acceptors (Lipinski definition) is 6. The molecule has 0 fully saturated rings. The van der Waals surface area contributed by atoms with Crippen molar-refractivity contribution in [3.05, 3.63) is 41.3 Å². The van der Waals surface area contributed by atoms with Gasteiger partial charge >= 0.3 is 0 Å². The lowest BCUT2D eigenvalue weighted by Crippen LogP contribution is -2.46. The van der Waals surface area contributed by atoms with Crippen LogP contribution < -0.4 is 14.2 Å². The van der Waals surface area contributed by atoms with Crippen LogP contribution in [0, 0.1) is 0 Å². The maximum absolute atomic E-state index is 12.8. The molecule has 27 heavy (non-hydrogen) atoms. The molecule has 1 N–H and O–H groups in total. The fraction of sp³-hybridized carbons (Fsp3) is 0.389. The second-order valence-electron chi connectivity index (χ2n) is 6.07. The Morgan fingerprint density at radius 1 is 1.26 bits per heavy atom. The van der Waals surface area contributed by atoms with Crippen LogP contribution in [-0.4, -0.2) is 45.0 Å². The number of amides is 1. The highest BCUT2D eigenvalue weighted by molar-refractivity contribution is 7.91. The van der Waals surface area contributed by atoms with Crippen LogP contribution in [0.3, 0.4) is 0 Å². The van der Waals surface area contributed by atoms with Crippen LogP contribution in [0.4, 0.5) is 0 Å². The quantitative estimate of drug-likeness (QED) is 0.757. The highest BCUT2D eigenvalue weighted by Gasteiger charge is 2.27. The molecule has 7 nitrogen and oxygen atoms in total. The summed E-state index contributed by atoms with van der Waals surface area (Å²) < 4.78 is 38.6. The molecule has 2 heterocycles. The van der Waals surface area contributed by atoms with E-state index < -0.39 is 16.1 Å². The van der Waals surface area contributed by atoms with Crippen LogP contribution in [0.15, 0.2) is 39.9 Å². The summed E-state index contributed by atoms with van der Waals surface area (Å²) in [5.74, 6) is 1.00. The van der Waals surface area contributed by atoms with Crippen molar-refractivity contribution in [3.8, 4) is 11.5 Å². The number of fused-ring (bicyclic) bond motifs is 1. The molecule has 1 aromatic heterocycles. The van der Waals surface area contributed by atoms with Crippen LogP contribution in [0.5, 0.6) is 11.5 Å². The molecule has 1 aromatic carbocycles. The maximum atomic E-state index is 12.8. The summed E-state index contributed by atoms with van der Waals surface area (Å²) in [6.07, 6.45) is 0. The monoisotopic (exact) mass is 410 g/mol. The summed E-state index contributed by atoms with van der Waals surface area (Å²) in [6, 6.07) is 7.84. The number of carbonyl (C=O) groups excluding carboxylic acids is 1. The van der Waals surface area contributed by atoms with Crippen molar-refractivity contribution < 1.29 is 22.7 Å². The fourth-order valence-electron chi connectivity index (χ4n) is 2.84. The summed E-state index contributed by atoms with van der Waals surface area (Å²) in [6.45, 7) is 5.11. The number of nitrogens with one attached hydrogen (secondary N) is 1. The van der Waals surface area contributed by atoms with Crippen LogP contribution in [-0.2, 0) is 21.4 Å². The predicted octanol–water partition coefficient (Wildman–Crippen LogP) is 2.23. The molecule has 0 spiro atoms. The van der Waals surface area contributed by atoms with Gasteiger partial charge in [-0.3, -0.25) is 4.79 Å². The Kier molecular flexibility index (Phi) is 6.03. The molecule has 1 aliphatic heterocycles. The van der Waals surface area contributed by atoms with Crippen molar-refractivity contribution in [1.29, 1.82) is 0 Å². The van der Waals surface area contributed by atoms with Crippen molar-refractivity contribution in [2.45, 2.75) is 30.6 Å². The molecule has 0 saturated carbocycles. The van der Waals surface area contributed by atoms with Gasteiger partial charge in [0.15, 0.2) is 11.5 Å². The molecule has 0 radical (unpaired) electrons. The minimum Gasteiger partial charge on any atom is -0.486 e. The molecule has 1 aliphatic rings. The molecule has 9 heteroatoms. The molecule has 1 unspecified atom stereocenters. The van der Waals surface area contributed by atoms with Gasteiger partial charge in [-0.05, 0) is 31.4 Å². The number of hydrogen-bond donors (Lipinski definition) is 1. The van der Waals surface area contributed by atoms with Gasteiger partial charge in [0.2, 0.25) is 5.91 Å². The van der Waals surface area contributed by atoms with E-state index >= 15 is 0 Å². The number of nitrogens with zero attached hydrogens (tertiary/aromatic N) is 1. The lowest BCUT2D eigenvalue weighted by molar-refractivity contribution is -0.133. The summed E-state index contributed by atoms with van der Waals surface area (Å²) >= 11 is 1.11. The first kappa shape index (κ1) is 19.7. The van der Waals surface area contributed by atoms with Gasteiger partial charge in [0.05, 0.1) is 6.04 Å². The fourth-order valence-corrected chi connectivity index (χ4v) is 5.05. The number of rotatable bonds is 7. The van der Waals surface area contributed by atoms with Crippen LogP contribution in [0.1, 0.15) is 19.4 Å². The number of thiophene rings is 1. The predicted molar refractivity (Wildman–Crippen MR) is 103 cm³/mol. The average Bonchev–Trinajstić information content (AvgIpc) is 3.21. The van der Waals surface area contributed by atoms with Gasteiger partial charge in [-0.1, -0.05) is 18.2 Å². The maximum Gasteiger partial charge on any atom is 0.250 e. The van der Waals surface area contributed by atoms with E-state index in [1.807, 2.05) is 25.1 Å². The first-order valence-electron chi connectivity index (χ1n) is 8.64. The highest BCUT2D eigenvalue weighted by Crippen LogP contribution is 2.34. The Hall–Kier alpha value is -2.10. The highest BCUT2D eigenvalue weighted by atomic mass is 32.2. The number of para-hydroxylation sites is 1. The standard InChI is InChI=1S/C18H22N2O5S2/c1-3-20(12-14-6-4-7-15-17(14)25-10-9-24-15)18(21)13(2)19-27(22,23)16-8-5-11-26-16/h4-8,11,13,19H,3,9-10,12H2,1-2H3. The van der Waals surface area contributed by atoms with Gasteiger partial charge in [0.25, 0.3) is 10.0 Å². The Morgan fingerprint density at radius 2 is 2.04 bits per heavy atom. The van der Waals surface area contributed by atoms with Gasteiger partial charge < -0.3 is 14.4 Å². The van der Waals surface area contributed by atoms with Gasteiger partial charge in [-0.2, -0.15) is 4.72 Å². The zero-order chi connectivity index (χ0) is 19.4. The van der Waals surface area contributed by atoms with Crippen LogP contribution in [0.2, 0.25) is 0 Å². The Balaban J connectivity index is 1.73. The third kappa shape index (κ3) is 4.42. The average molecular weight is 411 g/mol. The molecule has 146 valence electrons. The molecular weight excluding hydrogens is 388 g/mol. The number of likely N-dealkylation sites (N-methyl/N-ethyl adjacent to an activating group) is 1. The Bertz CT molecular complexity index is 896. The zero-order valence-corrected chi connectivity index (χ0v) is 16.8. The van der Waals surface area contributed by atoms with Gasteiger partial charge in [-0.15, -0.1) is 11.3 Å². The lowest BCUT2D eigenvalue weighted by Gasteiger charge is -2.27. The van der Waals surface area contributed by atoms with E-state index in [2.05, 4.69) is 4.72 Å². The number of ether oxygens (including phenoxy) is 2. The van der Waals surface area contributed by atoms with Crippen molar-refractivity contribution in [1.82, 2.24) is 9.62 Å². The normalized spacial score (nSPS) is 14.6. The Morgan fingerprint density at radius 3 is 2.74 bits per heavy atom. The molecule has 1 atom stereocenters. The van der Waals surface area contributed by atoms with Crippen LogP contribution >= 0.6 is 11.3 Å². The van der Waals surface area contributed by atoms with E-state index in [-0.39, 0.29) is 10.1 Å². The Labute approximate surface area is 163 Å². The van der Waals surface area contributed by atoms with E-state index in [1.165, 1.54) is 6.07 Å². The molecule has 0 aliphatic carbocycles. The van der Waals surface area contributed by atoms with Gasteiger partial charge in [0.1, 0.15) is 17.4 Å². The van der Waals surface area contributed by atoms with E-state index in [1.54, 1.807) is 23.3 Å². The second-order valence-corrected chi connectivity index (χ2v) is 8.96. The van der Waals surface area contributed by atoms with E-state index in [9.17, 15) is 13.2 Å². The summed E-state index contributed by atoms with van der Waals surface area (Å²) in [4.78, 5) is 14.4. The topological polar surface area (TPSA) is 84.9 Å². The van der Waals surface area contributed by atoms with Crippen molar-refractivity contribution in [2.75, 3.05) is 19.8 Å². The smallest absolute Gasteiger partial charge is 0.250 e. The van der Waals surface area contributed by atoms with Gasteiger partial charge in [-0.25, -0.2) is 8.42 Å². The van der Waals surface area contributed by atoms with Crippen LogP contribution in [0.25, 0.3) is 0 Å². The number of sulfonamides is 1. The molecule has 3 rings (SSSR count). The molecular formula is C18H22N2O5S2. The molecule has 1 amide bonds. The summed E-state index contributed by atoms with van der Waals surface area (Å²) in [7, 11) is -3.71. The molecule has 0 saturated heterocycles. The summed E-state index contributed by atoms with van der Waals surface area (Å²) in [5.41, 5.74) is 0.829. The van der Waals surface area contributed by atoms with E-state index in [0.29, 0.717) is 37.8 Å². The minimum absolute atomic E-state index is 0.188. The zero-order valence-electron chi connectivity index (χ0n) is 15.2. The third-order valence-electron chi connectivity index (χ3n) is 4.16. The van der Waals surface area contributed by atoms with E-state index in [4.69, 9.17) is 9.47 Å². The number of carbonyl (C=O) groups is 1. The van der Waals surface area contributed by atoms with Crippen molar-refractivity contribution >= 4 is 27.3 Å². The largest absolute Gasteiger partial charge is 0.486 e. The summed E-state index contributed by atoms with van der Waals surface area (Å²) in [5, 5.41) is 1.68. The first-order valence-corrected chi connectivity index (χ1v) is 11.0.